The first kappa shape index (κ1) is 10.9. The summed E-state index contributed by atoms with van der Waals surface area (Å²) in [6.07, 6.45) is 8.33. The normalized spacial score (nSPS) is 39.1. The van der Waals surface area contributed by atoms with Gasteiger partial charge < -0.3 is 4.42 Å². The monoisotopic (exact) mass is 269 g/mol. The minimum atomic E-state index is -0.102. The molecule has 0 N–H and O–H groups in total. The molecule has 0 radical (unpaired) electrons. The number of allylic oxidation sites excluding steroid dienone is 2. The number of furan rings is 1. The van der Waals surface area contributed by atoms with Gasteiger partial charge in [0.05, 0.1) is 24.6 Å². The lowest BCUT2D eigenvalue weighted by atomic mass is 9.85. The van der Waals surface area contributed by atoms with E-state index in [9.17, 15) is 9.59 Å². The maximum Gasteiger partial charge on any atom is 0.234 e. The fourth-order valence-electron chi connectivity index (χ4n) is 4.85. The van der Waals surface area contributed by atoms with E-state index in [4.69, 9.17) is 4.42 Å². The van der Waals surface area contributed by atoms with Gasteiger partial charge in [0.1, 0.15) is 5.76 Å². The zero-order valence-electron chi connectivity index (χ0n) is 11.0. The van der Waals surface area contributed by atoms with E-state index in [1.165, 1.54) is 17.7 Å². The van der Waals surface area contributed by atoms with Crippen molar-refractivity contribution in [2.24, 2.45) is 29.1 Å². The Morgan fingerprint density at radius 1 is 1.15 bits per heavy atom. The van der Waals surface area contributed by atoms with E-state index in [0.717, 1.165) is 0 Å². The Hall–Kier alpha value is -1.84. The number of carbonyl (C=O) groups excluding carboxylic acids is 2. The van der Waals surface area contributed by atoms with E-state index in [1.807, 2.05) is 6.07 Å². The summed E-state index contributed by atoms with van der Waals surface area (Å²) in [4.78, 5) is 26.7. The molecule has 2 amide bonds. The van der Waals surface area contributed by atoms with E-state index >= 15 is 0 Å². The zero-order chi connectivity index (χ0) is 13.5. The maximum absolute atomic E-state index is 12.7. The van der Waals surface area contributed by atoms with Crippen LogP contribution in [0.1, 0.15) is 18.6 Å². The van der Waals surface area contributed by atoms with E-state index < -0.39 is 0 Å². The van der Waals surface area contributed by atoms with Crippen LogP contribution >= 0.6 is 0 Å². The van der Waals surface area contributed by atoms with Crippen molar-refractivity contribution in [3.8, 4) is 0 Å². The third-order valence-electron chi connectivity index (χ3n) is 5.84. The maximum atomic E-state index is 12.7. The van der Waals surface area contributed by atoms with Crippen LogP contribution in [0.2, 0.25) is 0 Å². The fourth-order valence-corrected chi connectivity index (χ4v) is 4.85. The molecule has 2 saturated carbocycles. The Morgan fingerprint density at radius 2 is 1.80 bits per heavy atom. The first-order valence-corrected chi connectivity index (χ1v) is 7.28. The van der Waals surface area contributed by atoms with Crippen LogP contribution in [0.25, 0.3) is 0 Å². The van der Waals surface area contributed by atoms with Gasteiger partial charge in [-0.15, -0.1) is 0 Å². The third kappa shape index (κ3) is 1.06. The van der Waals surface area contributed by atoms with Crippen molar-refractivity contribution in [2.45, 2.75) is 19.4 Å². The van der Waals surface area contributed by atoms with Crippen molar-refractivity contribution in [1.82, 2.24) is 4.90 Å². The summed E-state index contributed by atoms with van der Waals surface area (Å²) in [5, 5.41) is 0. The lowest BCUT2D eigenvalue weighted by Crippen LogP contribution is -2.34. The highest BCUT2D eigenvalue weighted by Crippen LogP contribution is 2.73. The number of likely N-dealkylation sites (tertiary alicyclic amines) is 1. The smallest absolute Gasteiger partial charge is 0.234 e. The summed E-state index contributed by atoms with van der Waals surface area (Å²) in [7, 11) is 0. The molecule has 4 atom stereocenters. The molecular weight excluding hydrogens is 254 g/mol. The lowest BCUT2D eigenvalue weighted by Gasteiger charge is -2.20. The molecule has 1 spiro atoms. The molecule has 3 fully saturated rings. The summed E-state index contributed by atoms with van der Waals surface area (Å²) in [5.74, 6) is 1.10. The number of hydrogen-bond donors (Lipinski definition) is 0. The number of carbonyl (C=O) groups is 2. The predicted molar refractivity (Wildman–Crippen MR) is 69.0 cm³/mol. The van der Waals surface area contributed by atoms with Crippen LogP contribution < -0.4 is 0 Å². The standard InChI is InChI=1S/C16H15NO3/c18-14-12-10-3-4-11(16(10)5-6-16)13(12)15(19)17(14)8-9-2-1-7-20-9/h1-4,7,10-13H,5-6,8H2/t10-,11-,12-,13-/m0/s1. The van der Waals surface area contributed by atoms with Crippen molar-refractivity contribution in [2.75, 3.05) is 0 Å². The third-order valence-corrected chi connectivity index (χ3v) is 5.84. The second-order valence-corrected chi connectivity index (χ2v) is 6.56. The molecular formula is C16H15NO3. The van der Waals surface area contributed by atoms with E-state index in [1.54, 1.807) is 12.3 Å². The van der Waals surface area contributed by atoms with Crippen LogP contribution in [-0.4, -0.2) is 16.7 Å². The number of amides is 2. The Kier molecular flexibility index (Phi) is 1.77. The highest BCUT2D eigenvalue weighted by molar-refractivity contribution is 6.06. The van der Waals surface area contributed by atoms with Crippen molar-refractivity contribution in [3.63, 3.8) is 0 Å². The molecule has 2 heterocycles. The minimum Gasteiger partial charge on any atom is -0.467 e. The van der Waals surface area contributed by atoms with Crippen LogP contribution in [0, 0.1) is 29.1 Å². The molecule has 4 nitrogen and oxygen atoms in total. The summed E-state index contributed by atoms with van der Waals surface area (Å²) in [6.45, 7) is 0.282. The number of nitrogens with zero attached hydrogens (tertiary/aromatic N) is 1. The summed E-state index contributed by atoms with van der Waals surface area (Å²) >= 11 is 0. The van der Waals surface area contributed by atoms with Gasteiger partial charge in [-0.05, 0) is 42.2 Å². The molecule has 4 aliphatic rings. The van der Waals surface area contributed by atoms with E-state index in [2.05, 4.69) is 12.2 Å². The van der Waals surface area contributed by atoms with Crippen molar-refractivity contribution < 1.29 is 14.0 Å². The topological polar surface area (TPSA) is 50.5 Å². The van der Waals surface area contributed by atoms with Gasteiger partial charge in [-0.1, -0.05) is 12.2 Å². The molecule has 102 valence electrons. The first-order chi connectivity index (χ1) is 9.72. The predicted octanol–water partition coefficient (Wildman–Crippen LogP) is 1.98. The number of fused-ring (bicyclic) bond motifs is 3. The molecule has 1 aromatic rings. The Balaban J connectivity index is 1.50. The SMILES string of the molecule is O=C1[C@@H]2[C@@H](C(=O)N1Cc1ccco1)[C@@H]1C=C[C@@H]2C12CC2. The summed E-state index contributed by atoms with van der Waals surface area (Å²) < 4.78 is 5.28. The summed E-state index contributed by atoms with van der Waals surface area (Å²) in [5.41, 5.74) is 0.275. The fraction of sp³-hybridized carbons (Fsp3) is 0.500. The molecule has 2 bridgehead atoms. The average Bonchev–Trinajstić information content (AvgIpc) is 2.73. The second-order valence-electron chi connectivity index (χ2n) is 6.56. The van der Waals surface area contributed by atoms with Gasteiger partial charge in [-0.25, -0.2) is 0 Å². The molecule has 1 aromatic heterocycles. The molecule has 3 aliphatic carbocycles. The van der Waals surface area contributed by atoms with Crippen LogP contribution in [-0.2, 0) is 16.1 Å². The molecule has 1 saturated heterocycles. The highest BCUT2D eigenvalue weighted by Gasteiger charge is 2.73. The van der Waals surface area contributed by atoms with Crippen LogP contribution in [0.15, 0.2) is 35.0 Å². The highest BCUT2D eigenvalue weighted by atomic mass is 16.3. The Morgan fingerprint density at radius 3 is 2.30 bits per heavy atom. The van der Waals surface area contributed by atoms with Crippen LogP contribution in [0.5, 0.6) is 0 Å². The van der Waals surface area contributed by atoms with Crippen molar-refractivity contribution in [3.05, 3.63) is 36.3 Å². The summed E-state index contributed by atoms with van der Waals surface area (Å²) in [6, 6.07) is 3.59. The van der Waals surface area contributed by atoms with Gasteiger partial charge in [0.2, 0.25) is 11.8 Å². The Labute approximate surface area is 116 Å². The van der Waals surface area contributed by atoms with Gasteiger partial charge in [-0.2, -0.15) is 0 Å². The quantitative estimate of drug-likeness (QED) is 0.609. The van der Waals surface area contributed by atoms with Crippen molar-refractivity contribution >= 4 is 11.8 Å². The Bertz CT molecular complexity index is 607. The molecule has 4 heteroatoms. The molecule has 1 aliphatic heterocycles. The second kappa shape index (κ2) is 3.25. The molecule has 5 rings (SSSR count). The van der Waals surface area contributed by atoms with Crippen molar-refractivity contribution in [1.29, 1.82) is 0 Å². The van der Waals surface area contributed by atoms with Gasteiger partial charge in [0.15, 0.2) is 0 Å². The van der Waals surface area contributed by atoms with E-state index in [-0.39, 0.29) is 35.6 Å². The molecule has 0 aromatic carbocycles. The van der Waals surface area contributed by atoms with Gasteiger partial charge in [0, 0.05) is 0 Å². The molecule has 0 unspecified atom stereocenters. The molecule has 20 heavy (non-hydrogen) atoms. The minimum absolute atomic E-state index is 0.0134. The zero-order valence-corrected chi connectivity index (χ0v) is 11.0. The van der Waals surface area contributed by atoms with Gasteiger partial charge in [0.25, 0.3) is 0 Å². The number of imide groups is 1. The largest absolute Gasteiger partial charge is 0.467 e. The van der Waals surface area contributed by atoms with Crippen LogP contribution in [0.3, 0.4) is 0 Å². The van der Waals surface area contributed by atoms with Gasteiger partial charge >= 0.3 is 0 Å². The van der Waals surface area contributed by atoms with Gasteiger partial charge in [-0.3, -0.25) is 14.5 Å². The first-order valence-electron chi connectivity index (χ1n) is 7.28. The lowest BCUT2D eigenvalue weighted by molar-refractivity contribution is -0.142. The number of rotatable bonds is 2. The van der Waals surface area contributed by atoms with E-state index in [0.29, 0.717) is 17.6 Å². The number of hydrogen-bond acceptors (Lipinski definition) is 3. The van der Waals surface area contributed by atoms with Crippen LogP contribution in [0.4, 0.5) is 0 Å². The average molecular weight is 269 g/mol.